The van der Waals surface area contributed by atoms with E-state index in [1.54, 1.807) is 6.33 Å². The largest absolute Gasteiger partial charge is 0.351 e. The molecule has 0 saturated heterocycles. The molecule has 5 rings (SSSR count). The molecular formula is C15H13N7. The fraction of sp³-hybridized carbons (Fsp3) is 0.200. The first-order chi connectivity index (χ1) is 10.9. The van der Waals surface area contributed by atoms with Gasteiger partial charge in [-0.3, -0.25) is 5.10 Å². The van der Waals surface area contributed by atoms with Crippen LogP contribution in [-0.2, 0) is 13.0 Å². The Morgan fingerprint density at radius 3 is 3.05 bits per heavy atom. The Kier molecular flexibility index (Phi) is 2.26. The molecule has 0 aliphatic carbocycles. The molecule has 0 spiro atoms. The lowest BCUT2D eigenvalue weighted by Crippen LogP contribution is -2.31. The Hall–Kier alpha value is -2.96. The van der Waals surface area contributed by atoms with Gasteiger partial charge >= 0.3 is 0 Å². The van der Waals surface area contributed by atoms with Crippen LogP contribution in [0.15, 0.2) is 31.0 Å². The van der Waals surface area contributed by atoms with Gasteiger partial charge in [-0.2, -0.15) is 5.10 Å². The molecule has 1 aliphatic heterocycles. The number of pyridine rings is 1. The minimum atomic E-state index is 0.806. The van der Waals surface area contributed by atoms with Gasteiger partial charge < -0.3 is 9.88 Å². The lowest BCUT2D eigenvalue weighted by Gasteiger charge is -2.30. The Morgan fingerprint density at radius 2 is 2.05 bits per heavy atom. The lowest BCUT2D eigenvalue weighted by atomic mass is 9.99. The zero-order valence-corrected chi connectivity index (χ0v) is 11.7. The molecular weight excluding hydrogens is 278 g/mol. The van der Waals surface area contributed by atoms with Gasteiger partial charge in [0, 0.05) is 30.9 Å². The smallest absolute Gasteiger partial charge is 0.155 e. The van der Waals surface area contributed by atoms with Gasteiger partial charge in [-0.05, 0) is 23.6 Å². The maximum atomic E-state index is 4.48. The van der Waals surface area contributed by atoms with Gasteiger partial charge in [0.15, 0.2) is 5.65 Å². The van der Waals surface area contributed by atoms with Crippen LogP contribution in [0.3, 0.4) is 0 Å². The van der Waals surface area contributed by atoms with Crippen molar-refractivity contribution in [1.29, 1.82) is 0 Å². The number of nitrogens with zero attached hydrogens (tertiary/aromatic N) is 5. The Labute approximate surface area is 125 Å². The van der Waals surface area contributed by atoms with E-state index in [-0.39, 0.29) is 0 Å². The predicted molar refractivity (Wildman–Crippen MR) is 82.5 cm³/mol. The number of rotatable bonds is 1. The molecule has 0 unspecified atom stereocenters. The normalized spacial score (nSPS) is 14.6. The summed E-state index contributed by atoms with van der Waals surface area (Å²) in [4.78, 5) is 18.6. The van der Waals surface area contributed by atoms with Gasteiger partial charge in [-0.15, -0.1) is 0 Å². The Bertz CT molecular complexity index is 984. The number of aromatic nitrogens is 6. The van der Waals surface area contributed by atoms with Crippen molar-refractivity contribution in [1.82, 2.24) is 30.1 Å². The highest BCUT2D eigenvalue weighted by Gasteiger charge is 2.22. The fourth-order valence-corrected chi connectivity index (χ4v) is 3.25. The molecule has 0 amide bonds. The van der Waals surface area contributed by atoms with E-state index in [0.717, 1.165) is 47.4 Å². The molecule has 0 atom stereocenters. The zero-order chi connectivity index (χ0) is 14.5. The highest BCUT2D eigenvalue weighted by Crippen LogP contribution is 2.30. The molecule has 0 bridgehead atoms. The second kappa shape index (κ2) is 4.27. The number of nitrogens with one attached hydrogen (secondary N) is 2. The quantitative estimate of drug-likeness (QED) is 0.558. The molecule has 1 aliphatic rings. The van der Waals surface area contributed by atoms with Crippen molar-refractivity contribution >= 4 is 27.9 Å². The van der Waals surface area contributed by atoms with Gasteiger partial charge in [0.2, 0.25) is 0 Å². The van der Waals surface area contributed by atoms with E-state index in [1.165, 1.54) is 11.1 Å². The van der Waals surface area contributed by atoms with E-state index in [9.17, 15) is 0 Å². The van der Waals surface area contributed by atoms with Gasteiger partial charge in [0.1, 0.15) is 17.8 Å². The standard InChI is InChI=1S/C15H13N7/c1-3-16-13-11(1)15(19-8-18-13)22-4-2-10-9(7-22)5-17-14-12(10)6-20-21-14/h1,3,5-6,8H,2,4,7H2,(H,16,18,19)(H,17,20,21). The molecule has 4 aromatic heterocycles. The van der Waals surface area contributed by atoms with Crippen molar-refractivity contribution in [3.8, 4) is 0 Å². The van der Waals surface area contributed by atoms with E-state index in [1.807, 2.05) is 24.7 Å². The Balaban J connectivity index is 1.60. The lowest BCUT2D eigenvalue weighted by molar-refractivity contribution is 0.724. The topological polar surface area (TPSA) is 86.4 Å². The molecule has 0 fully saturated rings. The van der Waals surface area contributed by atoms with Crippen LogP contribution < -0.4 is 4.90 Å². The van der Waals surface area contributed by atoms with Crippen molar-refractivity contribution in [3.63, 3.8) is 0 Å². The highest BCUT2D eigenvalue weighted by atomic mass is 15.2. The summed E-state index contributed by atoms with van der Waals surface area (Å²) >= 11 is 0. The van der Waals surface area contributed by atoms with Crippen LogP contribution in [0.1, 0.15) is 11.1 Å². The molecule has 108 valence electrons. The van der Waals surface area contributed by atoms with Gasteiger partial charge in [-0.1, -0.05) is 0 Å². The number of H-pyrrole nitrogens is 2. The molecule has 0 aromatic carbocycles. The average molecular weight is 291 g/mol. The number of aromatic amines is 2. The van der Waals surface area contributed by atoms with Gasteiger partial charge in [0.25, 0.3) is 0 Å². The fourth-order valence-electron chi connectivity index (χ4n) is 3.25. The molecule has 0 saturated carbocycles. The monoisotopic (exact) mass is 291 g/mol. The summed E-state index contributed by atoms with van der Waals surface area (Å²) in [5, 5.41) is 9.22. The average Bonchev–Trinajstić information content (AvgIpc) is 3.22. The molecule has 0 radical (unpaired) electrons. The van der Waals surface area contributed by atoms with Crippen molar-refractivity contribution in [2.45, 2.75) is 13.0 Å². The maximum Gasteiger partial charge on any atom is 0.155 e. The molecule has 7 heteroatoms. The van der Waals surface area contributed by atoms with Crippen LogP contribution in [-0.4, -0.2) is 36.7 Å². The predicted octanol–water partition coefficient (Wildman–Crippen LogP) is 1.79. The first-order valence-corrected chi connectivity index (χ1v) is 7.23. The van der Waals surface area contributed by atoms with Crippen LogP contribution in [0.2, 0.25) is 0 Å². The van der Waals surface area contributed by atoms with Crippen LogP contribution >= 0.6 is 0 Å². The van der Waals surface area contributed by atoms with Crippen molar-refractivity contribution in [2.75, 3.05) is 11.4 Å². The maximum absolute atomic E-state index is 4.48. The second-order valence-corrected chi connectivity index (χ2v) is 5.50. The van der Waals surface area contributed by atoms with Gasteiger partial charge in [0.05, 0.1) is 11.6 Å². The molecule has 4 aromatic rings. The van der Waals surface area contributed by atoms with E-state index in [2.05, 4.69) is 35.0 Å². The van der Waals surface area contributed by atoms with Crippen LogP contribution in [0.25, 0.3) is 22.1 Å². The number of hydrogen-bond acceptors (Lipinski definition) is 5. The second-order valence-electron chi connectivity index (χ2n) is 5.50. The first-order valence-electron chi connectivity index (χ1n) is 7.23. The zero-order valence-electron chi connectivity index (χ0n) is 11.7. The summed E-state index contributed by atoms with van der Waals surface area (Å²) < 4.78 is 0. The number of anilines is 1. The van der Waals surface area contributed by atoms with E-state index < -0.39 is 0 Å². The van der Waals surface area contributed by atoms with Crippen LogP contribution in [0.4, 0.5) is 5.82 Å². The van der Waals surface area contributed by atoms with Crippen LogP contribution in [0, 0.1) is 0 Å². The minimum absolute atomic E-state index is 0.806. The van der Waals surface area contributed by atoms with Crippen molar-refractivity contribution < 1.29 is 0 Å². The third-order valence-electron chi connectivity index (χ3n) is 4.31. The molecule has 22 heavy (non-hydrogen) atoms. The molecule has 2 N–H and O–H groups in total. The first kappa shape index (κ1) is 11.7. The van der Waals surface area contributed by atoms with E-state index in [0.29, 0.717) is 0 Å². The van der Waals surface area contributed by atoms with Crippen LogP contribution in [0.5, 0.6) is 0 Å². The summed E-state index contributed by atoms with van der Waals surface area (Å²) in [6, 6.07) is 2.03. The Morgan fingerprint density at radius 1 is 1.05 bits per heavy atom. The highest BCUT2D eigenvalue weighted by molar-refractivity contribution is 5.87. The van der Waals surface area contributed by atoms with E-state index in [4.69, 9.17) is 0 Å². The van der Waals surface area contributed by atoms with Gasteiger partial charge in [-0.25, -0.2) is 15.0 Å². The summed E-state index contributed by atoms with van der Waals surface area (Å²) in [6.45, 7) is 1.73. The summed E-state index contributed by atoms with van der Waals surface area (Å²) in [6.07, 6.45) is 8.28. The summed E-state index contributed by atoms with van der Waals surface area (Å²) in [7, 11) is 0. The van der Waals surface area contributed by atoms with Crippen molar-refractivity contribution in [2.24, 2.45) is 0 Å². The van der Waals surface area contributed by atoms with E-state index >= 15 is 0 Å². The number of fused-ring (bicyclic) bond motifs is 4. The third kappa shape index (κ3) is 1.56. The SMILES string of the molecule is c1nc(N2CCc3c(cnc4[nH]ncc34)C2)c2cc[nH]c2n1. The number of hydrogen-bond donors (Lipinski definition) is 2. The molecule has 7 nitrogen and oxygen atoms in total. The minimum Gasteiger partial charge on any atom is -0.351 e. The van der Waals surface area contributed by atoms with Crippen molar-refractivity contribution in [3.05, 3.63) is 42.1 Å². The summed E-state index contributed by atoms with van der Waals surface area (Å²) in [5.74, 6) is 0.976. The third-order valence-corrected chi connectivity index (χ3v) is 4.31. The summed E-state index contributed by atoms with van der Waals surface area (Å²) in [5.41, 5.74) is 4.32. The molecule has 5 heterocycles.